The molecule has 0 heterocycles. The molecule has 0 aliphatic carbocycles. The Morgan fingerprint density at radius 1 is 0.700 bits per heavy atom. The monoisotopic (exact) mass is 277 g/mol. The molecule has 0 unspecified atom stereocenters. The van der Waals surface area contributed by atoms with Gasteiger partial charge in [0, 0.05) is 35.6 Å². The van der Waals surface area contributed by atoms with E-state index in [1.807, 2.05) is 0 Å². The van der Waals surface area contributed by atoms with Gasteiger partial charge in [0.05, 0.1) is 0 Å². The van der Waals surface area contributed by atoms with Crippen molar-refractivity contribution in [3.63, 3.8) is 0 Å². The topological polar surface area (TPSA) is 112 Å². The molecule has 6 nitrogen and oxygen atoms in total. The molecule has 0 aliphatic rings. The van der Waals surface area contributed by atoms with Crippen molar-refractivity contribution in [3.8, 4) is 0 Å². The van der Waals surface area contributed by atoms with Crippen LogP contribution in [0.25, 0.3) is 0 Å². The third-order valence-corrected chi connectivity index (χ3v) is 0. The van der Waals surface area contributed by atoms with Gasteiger partial charge in [-0.15, -0.1) is 0 Å². The zero-order chi connectivity index (χ0) is 8.12. The number of hydrogen-bond donors (Lipinski definition) is 3. The van der Waals surface area contributed by atoms with Crippen molar-refractivity contribution < 1.29 is 65.3 Å². The van der Waals surface area contributed by atoms with Crippen LogP contribution in [0.4, 0.5) is 0 Å². The molecule has 0 saturated heterocycles. The fourth-order valence-corrected chi connectivity index (χ4v) is 0. The SMILES string of the molecule is O=CO.O=CO.O=CO.[La]. The summed E-state index contributed by atoms with van der Waals surface area (Å²) in [6.45, 7) is -0.750. The van der Waals surface area contributed by atoms with Gasteiger partial charge in [-0.2, -0.15) is 0 Å². The third kappa shape index (κ3) is 2120. The van der Waals surface area contributed by atoms with Crippen LogP contribution in [0.2, 0.25) is 0 Å². The maximum Gasteiger partial charge on any atom is 0.290 e. The summed E-state index contributed by atoms with van der Waals surface area (Å²) in [5, 5.41) is 20.7. The zero-order valence-corrected chi connectivity index (χ0v) is 8.50. The Morgan fingerprint density at radius 2 is 0.700 bits per heavy atom. The van der Waals surface area contributed by atoms with Gasteiger partial charge >= 0.3 is 0 Å². The number of carboxylic acid groups (broad SMARTS) is 3. The van der Waals surface area contributed by atoms with Gasteiger partial charge in [-0.05, 0) is 0 Å². The van der Waals surface area contributed by atoms with Crippen LogP contribution in [0.5, 0.6) is 0 Å². The molecule has 0 aromatic heterocycles. The molecule has 0 aromatic carbocycles. The molecule has 1 radical (unpaired) electrons. The Balaban J connectivity index is -0.0000000257. The molecule has 7 heteroatoms. The number of hydrogen-bond acceptors (Lipinski definition) is 3. The molecule has 0 spiro atoms. The minimum absolute atomic E-state index is 0. The maximum atomic E-state index is 8.36. The van der Waals surface area contributed by atoms with Gasteiger partial charge in [-0.3, -0.25) is 14.4 Å². The first-order valence-corrected chi connectivity index (χ1v) is 1.48. The van der Waals surface area contributed by atoms with Crippen molar-refractivity contribution >= 4 is 19.4 Å². The molecule has 0 atom stereocenters. The van der Waals surface area contributed by atoms with E-state index >= 15 is 0 Å². The zero-order valence-electron chi connectivity index (χ0n) is 4.88. The Kier molecular flexibility index (Phi) is 166. The van der Waals surface area contributed by atoms with Gasteiger partial charge in [0.15, 0.2) is 0 Å². The van der Waals surface area contributed by atoms with Gasteiger partial charge in [0.2, 0.25) is 0 Å². The van der Waals surface area contributed by atoms with Crippen LogP contribution in [-0.2, 0) is 14.4 Å². The third-order valence-electron chi connectivity index (χ3n) is 0. The van der Waals surface area contributed by atoms with Gasteiger partial charge in [-0.1, -0.05) is 0 Å². The van der Waals surface area contributed by atoms with Gasteiger partial charge < -0.3 is 15.3 Å². The van der Waals surface area contributed by atoms with Crippen molar-refractivity contribution in [1.29, 1.82) is 0 Å². The summed E-state index contributed by atoms with van der Waals surface area (Å²) < 4.78 is 0. The summed E-state index contributed by atoms with van der Waals surface area (Å²) in [4.78, 5) is 25.1. The molecule has 3 N–H and O–H groups in total. The number of carbonyl (C=O) groups is 3. The average molecular weight is 277 g/mol. The van der Waals surface area contributed by atoms with Gasteiger partial charge in [-0.25, -0.2) is 0 Å². The van der Waals surface area contributed by atoms with Gasteiger partial charge in [0.25, 0.3) is 19.4 Å². The van der Waals surface area contributed by atoms with E-state index in [4.69, 9.17) is 29.7 Å². The second kappa shape index (κ2) is 73.3. The van der Waals surface area contributed by atoms with Crippen LogP contribution in [0.3, 0.4) is 0 Å². The van der Waals surface area contributed by atoms with E-state index in [9.17, 15) is 0 Å². The van der Waals surface area contributed by atoms with Crippen LogP contribution in [0.1, 0.15) is 0 Å². The maximum absolute atomic E-state index is 8.36. The van der Waals surface area contributed by atoms with E-state index in [1.54, 1.807) is 0 Å². The second-order valence-corrected chi connectivity index (χ2v) is 0.316. The van der Waals surface area contributed by atoms with Gasteiger partial charge in [0.1, 0.15) is 0 Å². The average Bonchev–Trinajstić information content (AvgIpc) is 1.70. The van der Waals surface area contributed by atoms with Crippen molar-refractivity contribution in [2.75, 3.05) is 0 Å². The minimum Gasteiger partial charge on any atom is -0.483 e. The molecule has 57 valence electrons. The molecular formula is C3H6LaO6. The predicted octanol–water partition coefficient (Wildman–Crippen LogP) is -0.898. The fraction of sp³-hybridized carbons (Fsp3) is 0. The molecule has 10 heavy (non-hydrogen) atoms. The largest absolute Gasteiger partial charge is 0.483 e. The number of rotatable bonds is 0. The summed E-state index contributed by atoms with van der Waals surface area (Å²) in [6, 6.07) is 0. The van der Waals surface area contributed by atoms with E-state index in [0.717, 1.165) is 0 Å². The normalized spacial score (nSPS) is 3.60. The van der Waals surface area contributed by atoms with E-state index in [-0.39, 0.29) is 55.0 Å². The van der Waals surface area contributed by atoms with Crippen LogP contribution >= 0.6 is 0 Å². The molecule has 0 bridgehead atoms. The predicted molar refractivity (Wildman–Crippen MR) is 26.1 cm³/mol. The van der Waals surface area contributed by atoms with Crippen LogP contribution in [0.15, 0.2) is 0 Å². The summed E-state index contributed by atoms with van der Waals surface area (Å²) in [5.74, 6) is 0. The Bertz CT molecular complexity index is 49.7. The smallest absolute Gasteiger partial charge is 0.290 e. The Hall–Kier alpha value is -0.395. The molecular weight excluding hydrogens is 271 g/mol. The quantitative estimate of drug-likeness (QED) is 0.495. The van der Waals surface area contributed by atoms with Crippen LogP contribution in [0, 0.1) is 35.6 Å². The summed E-state index contributed by atoms with van der Waals surface area (Å²) >= 11 is 0. The standard InChI is InChI=1S/3CH2O2.La/c3*2-1-3;/h3*1H,(H,2,3);. The van der Waals surface area contributed by atoms with E-state index in [2.05, 4.69) is 0 Å². The second-order valence-electron chi connectivity index (χ2n) is 0.316. The van der Waals surface area contributed by atoms with E-state index < -0.39 is 0 Å². The van der Waals surface area contributed by atoms with Crippen molar-refractivity contribution in [2.24, 2.45) is 0 Å². The van der Waals surface area contributed by atoms with E-state index in [1.165, 1.54) is 0 Å². The first kappa shape index (κ1) is 22.6. The van der Waals surface area contributed by atoms with Crippen LogP contribution in [-0.4, -0.2) is 34.7 Å². The first-order valence-electron chi connectivity index (χ1n) is 1.48. The van der Waals surface area contributed by atoms with E-state index in [0.29, 0.717) is 0 Å². The molecule has 0 aromatic rings. The molecule has 0 amide bonds. The molecule has 0 aliphatic heterocycles. The molecule has 0 fully saturated rings. The van der Waals surface area contributed by atoms with Crippen molar-refractivity contribution in [2.45, 2.75) is 0 Å². The Labute approximate surface area is 84.5 Å². The Morgan fingerprint density at radius 3 is 0.700 bits per heavy atom. The summed E-state index contributed by atoms with van der Waals surface area (Å²) in [5.41, 5.74) is 0. The molecule has 0 rings (SSSR count). The van der Waals surface area contributed by atoms with Crippen molar-refractivity contribution in [3.05, 3.63) is 0 Å². The molecule has 0 saturated carbocycles. The minimum atomic E-state index is -0.250. The van der Waals surface area contributed by atoms with Crippen LogP contribution < -0.4 is 0 Å². The summed E-state index contributed by atoms with van der Waals surface area (Å²) in [7, 11) is 0. The van der Waals surface area contributed by atoms with Crippen molar-refractivity contribution in [1.82, 2.24) is 0 Å². The summed E-state index contributed by atoms with van der Waals surface area (Å²) in [6.07, 6.45) is 0. The first-order chi connectivity index (χ1) is 4.24. The fourth-order valence-electron chi connectivity index (χ4n) is 0.